The van der Waals surface area contributed by atoms with E-state index in [1.54, 1.807) is 0 Å². The van der Waals surface area contributed by atoms with Gasteiger partial charge in [0.15, 0.2) is 0 Å². The highest BCUT2D eigenvalue weighted by Gasteiger charge is 2.16. The van der Waals surface area contributed by atoms with Crippen LogP contribution in [0.15, 0.2) is 10.2 Å². The molecule has 50 valence electrons. The van der Waals surface area contributed by atoms with E-state index in [1.165, 1.54) is 0 Å². The van der Waals surface area contributed by atoms with E-state index in [1.807, 2.05) is 6.92 Å². The smallest absolute Gasteiger partial charge is 0.257 e. The minimum absolute atomic E-state index is 0.0349. The fourth-order valence-electron chi connectivity index (χ4n) is 0.605. The summed E-state index contributed by atoms with van der Waals surface area (Å²) in [7, 11) is 0. The number of urea groups is 1. The summed E-state index contributed by atoms with van der Waals surface area (Å²) in [6.07, 6.45) is 0. The number of nitrogens with two attached hydrogens (primary N) is 1. The molecular weight excluding hydrogens is 120 g/mol. The molecule has 0 aromatic heterocycles. The lowest BCUT2D eigenvalue weighted by Gasteiger charge is -2.18. The summed E-state index contributed by atoms with van der Waals surface area (Å²) < 4.78 is 0. The van der Waals surface area contributed by atoms with Crippen LogP contribution in [0.5, 0.6) is 0 Å². The lowest BCUT2D eigenvalue weighted by Crippen LogP contribution is -2.42. The molecule has 0 bridgehead atoms. The Bertz CT molecular complexity index is 155. The predicted molar refractivity (Wildman–Crippen MR) is 30.6 cm³/mol. The van der Waals surface area contributed by atoms with E-state index in [-0.39, 0.29) is 6.04 Å². The molecule has 1 aliphatic heterocycles. The second kappa shape index (κ2) is 2.10. The van der Waals surface area contributed by atoms with Gasteiger partial charge in [-0.25, -0.2) is 10.6 Å². The number of rotatable bonds is 0. The third-order valence-electron chi connectivity index (χ3n) is 1.05. The van der Waals surface area contributed by atoms with Crippen LogP contribution in [0, 0.1) is 0 Å². The molecule has 0 unspecified atom stereocenters. The molecule has 0 aromatic rings. The Kier molecular flexibility index (Phi) is 1.44. The highest BCUT2D eigenvalue weighted by Crippen LogP contribution is 2.01. The van der Waals surface area contributed by atoms with Crippen molar-refractivity contribution in [2.24, 2.45) is 16.1 Å². The van der Waals surface area contributed by atoms with Crippen molar-refractivity contribution < 1.29 is 4.79 Å². The van der Waals surface area contributed by atoms with Gasteiger partial charge in [0.1, 0.15) is 0 Å². The van der Waals surface area contributed by atoms with E-state index in [0.717, 1.165) is 5.01 Å². The van der Waals surface area contributed by atoms with Crippen molar-refractivity contribution in [1.82, 2.24) is 5.01 Å². The van der Waals surface area contributed by atoms with E-state index in [2.05, 4.69) is 10.2 Å². The van der Waals surface area contributed by atoms with Crippen molar-refractivity contribution in [3.8, 4) is 0 Å². The molecule has 0 saturated carbocycles. The summed E-state index contributed by atoms with van der Waals surface area (Å²) in [4.78, 5) is 10.5. The van der Waals surface area contributed by atoms with Gasteiger partial charge in [0.2, 0.25) is 0 Å². The first-order valence-corrected chi connectivity index (χ1v) is 2.67. The summed E-state index contributed by atoms with van der Waals surface area (Å²) in [5.74, 6) is 5.20. The van der Waals surface area contributed by atoms with Gasteiger partial charge in [-0.15, -0.1) is 0 Å². The molecule has 1 aliphatic rings. The van der Waals surface area contributed by atoms with Crippen LogP contribution in [-0.4, -0.2) is 23.6 Å². The summed E-state index contributed by atoms with van der Waals surface area (Å²) in [6, 6.07) is -0.430. The Balaban J connectivity index is 2.65. The number of carbonyl (C=O) groups is 1. The van der Waals surface area contributed by atoms with Crippen molar-refractivity contribution in [2.75, 3.05) is 6.54 Å². The number of azo groups is 1. The molecule has 5 nitrogen and oxygen atoms in total. The quantitative estimate of drug-likeness (QED) is 0.372. The van der Waals surface area contributed by atoms with Crippen molar-refractivity contribution in [1.29, 1.82) is 0 Å². The summed E-state index contributed by atoms with van der Waals surface area (Å²) in [5, 5.41) is 7.95. The molecule has 1 atom stereocenters. The Morgan fingerprint density at radius 1 is 1.89 bits per heavy atom. The van der Waals surface area contributed by atoms with Crippen LogP contribution in [0.2, 0.25) is 0 Å². The molecule has 0 aromatic carbocycles. The monoisotopic (exact) mass is 128 g/mol. The number of amides is 2. The Labute approximate surface area is 52.5 Å². The number of hydrazine groups is 1. The molecule has 2 amide bonds. The van der Waals surface area contributed by atoms with Gasteiger partial charge in [-0.3, -0.25) is 5.01 Å². The van der Waals surface area contributed by atoms with Crippen molar-refractivity contribution in [3.05, 3.63) is 0 Å². The van der Waals surface area contributed by atoms with Crippen LogP contribution in [0.4, 0.5) is 4.79 Å². The van der Waals surface area contributed by atoms with Crippen LogP contribution in [0.25, 0.3) is 0 Å². The van der Waals surface area contributed by atoms with Gasteiger partial charge in [-0.1, -0.05) is 5.11 Å². The van der Waals surface area contributed by atoms with Gasteiger partial charge in [0.05, 0.1) is 12.6 Å². The topological polar surface area (TPSA) is 71.0 Å². The van der Waals surface area contributed by atoms with E-state index in [9.17, 15) is 4.79 Å². The first kappa shape index (κ1) is 6.15. The number of hydrogen-bond donors (Lipinski definition) is 1. The third kappa shape index (κ3) is 1.23. The SMILES string of the molecule is C[C@H]1CN(N)C(=O)N=N1. The lowest BCUT2D eigenvalue weighted by molar-refractivity contribution is 0.196. The molecule has 0 radical (unpaired) electrons. The van der Waals surface area contributed by atoms with E-state index in [4.69, 9.17) is 5.84 Å². The fraction of sp³-hybridized carbons (Fsp3) is 0.750. The van der Waals surface area contributed by atoms with Gasteiger partial charge in [-0.2, -0.15) is 5.11 Å². The minimum Gasteiger partial charge on any atom is -0.257 e. The standard InChI is InChI=1S/C4H8N4O/c1-3-2-8(5)4(9)7-6-3/h3H,2,5H2,1H3/t3-/m0/s1. The van der Waals surface area contributed by atoms with Gasteiger partial charge < -0.3 is 0 Å². The first-order valence-electron chi connectivity index (χ1n) is 2.67. The molecule has 0 aliphatic carbocycles. The van der Waals surface area contributed by atoms with E-state index in [0.29, 0.717) is 6.54 Å². The van der Waals surface area contributed by atoms with Crippen molar-refractivity contribution in [2.45, 2.75) is 13.0 Å². The van der Waals surface area contributed by atoms with Gasteiger partial charge in [-0.05, 0) is 6.92 Å². The zero-order valence-electron chi connectivity index (χ0n) is 5.11. The van der Waals surface area contributed by atoms with Crippen molar-refractivity contribution >= 4 is 6.03 Å². The van der Waals surface area contributed by atoms with Gasteiger partial charge >= 0.3 is 6.03 Å². The largest absolute Gasteiger partial charge is 0.376 e. The predicted octanol–water partition coefficient (Wildman–Crippen LogP) is 0.136. The first-order chi connectivity index (χ1) is 4.20. The molecule has 1 rings (SSSR count). The molecule has 2 N–H and O–H groups in total. The Morgan fingerprint density at radius 2 is 2.56 bits per heavy atom. The molecule has 9 heavy (non-hydrogen) atoms. The van der Waals surface area contributed by atoms with E-state index >= 15 is 0 Å². The van der Waals surface area contributed by atoms with Gasteiger partial charge in [0, 0.05) is 0 Å². The highest BCUT2D eigenvalue weighted by molar-refractivity contribution is 5.74. The second-order valence-corrected chi connectivity index (χ2v) is 2.00. The Morgan fingerprint density at radius 3 is 3.00 bits per heavy atom. The third-order valence-corrected chi connectivity index (χ3v) is 1.05. The summed E-state index contributed by atoms with van der Waals surface area (Å²) in [6.45, 7) is 2.30. The second-order valence-electron chi connectivity index (χ2n) is 2.00. The number of hydrogen-bond acceptors (Lipinski definition) is 3. The van der Waals surface area contributed by atoms with Crippen LogP contribution in [0.3, 0.4) is 0 Å². The van der Waals surface area contributed by atoms with Gasteiger partial charge in [0.25, 0.3) is 0 Å². The highest BCUT2D eigenvalue weighted by atomic mass is 16.2. The summed E-state index contributed by atoms with van der Waals surface area (Å²) >= 11 is 0. The van der Waals surface area contributed by atoms with Crippen LogP contribution in [0.1, 0.15) is 6.92 Å². The lowest BCUT2D eigenvalue weighted by atomic mass is 10.3. The van der Waals surface area contributed by atoms with Crippen molar-refractivity contribution in [3.63, 3.8) is 0 Å². The number of nitrogens with zero attached hydrogens (tertiary/aromatic N) is 3. The molecule has 5 heteroatoms. The average Bonchev–Trinajstić information content (AvgIpc) is 1.80. The average molecular weight is 128 g/mol. The summed E-state index contributed by atoms with van der Waals surface area (Å²) in [5.41, 5.74) is 0. The maximum Gasteiger partial charge on any atom is 0.376 e. The zero-order chi connectivity index (χ0) is 6.85. The molecule has 1 heterocycles. The molecule has 0 spiro atoms. The number of carbonyl (C=O) groups excluding carboxylic acids is 1. The van der Waals surface area contributed by atoms with Crippen LogP contribution in [-0.2, 0) is 0 Å². The minimum atomic E-state index is -0.465. The normalized spacial score (nSPS) is 27.1. The van der Waals surface area contributed by atoms with Crippen LogP contribution >= 0.6 is 0 Å². The molecule has 0 fully saturated rings. The molecular formula is C4H8N4O. The zero-order valence-corrected chi connectivity index (χ0v) is 5.11. The fourth-order valence-corrected chi connectivity index (χ4v) is 0.605. The van der Waals surface area contributed by atoms with Crippen LogP contribution < -0.4 is 5.84 Å². The van der Waals surface area contributed by atoms with E-state index < -0.39 is 6.03 Å². The maximum absolute atomic E-state index is 10.5. The maximum atomic E-state index is 10.5. The molecule has 0 saturated heterocycles. The Hall–Kier alpha value is -0.970.